The van der Waals surface area contributed by atoms with E-state index in [1.54, 1.807) is 0 Å². The number of rotatable bonds is 4. The molecule has 3 aromatic rings. The summed E-state index contributed by atoms with van der Waals surface area (Å²) in [5, 5.41) is 5.78. The Kier molecular flexibility index (Phi) is 7.31. The van der Waals surface area contributed by atoms with Crippen molar-refractivity contribution in [1.29, 1.82) is 0 Å². The van der Waals surface area contributed by atoms with Crippen molar-refractivity contribution in [2.24, 2.45) is 0 Å². The van der Waals surface area contributed by atoms with Crippen molar-refractivity contribution in [3.05, 3.63) is 67.9 Å². The van der Waals surface area contributed by atoms with Crippen LogP contribution < -0.4 is 5.32 Å². The van der Waals surface area contributed by atoms with E-state index in [1.165, 1.54) is 43.3 Å². The van der Waals surface area contributed by atoms with Crippen LogP contribution in [0.2, 0.25) is 10.0 Å². The molecule has 13 heteroatoms. The number of nitrogens with one attached hydrogen (secondary N) is 1. The van der Waals surface area contributed by atoms with Gasteiger partial charge in [-0.1, -0.05) is 23.2 Å². The van der Waals surface area contributed by atoms with E-state index in [4.69, 9.17) is 23.2 Å². The molecule has 0 radical (unpaired) electrons. The lowest BCUT2D eigenvalue weighted by Crippen LogP contribution is -2.43. The third-order valence-corrected chi connectivity index (χ3v) is 5.96. The second kappa shape index (κ2) is 9.43. The number of alkyl halides is 6. The molecule has 1 atom stereocenters. The van der Waals surface area contributed by atoms with Gasteiger partial charge in [-0.3, -0.25) is 4.79 Å². The van der Waals surface area contributed by atoms with E-state index >= 15 is 0 Å². The van der Waals surface area contributed by atoms with E-state index in [-0.39, 0.29) is 42.6 Å². The van der Waals surface area contributed by atoms with E-state index in [1.807, 2.05) is 5.32 Å². The summed E-state index contributed by atoms with van der Waals surface area (Å²) in [5.41, 5.74) is -1.16. The molecular weight excluding hydrogens is 575 g/mol. The quantitative estimate of drug-likeness (QED) is 0.319. The van der Waals surface area contributed by atoms with Gasteiger partial charge in [-0.2, -0.15) is 31.4 Å². The van der Waals surface area contributed by atoms with Crippen LogP contribution >= 0.6 is 39.1 Å². The molecule has 3 rings (SSSR count). The Balaban J connectivity index is 2.08. The Bertz CT molecular complexity index is 1240. The summed E-state index contributed by atoms with van der Waals surface area (Å²) in [4.78, 5) is 12.3. The maximum absolute atomic E-state index is 13.8. The van der Waals surface area contributed by atoms with Crippen LogP contribution in [0, 0.1) is 6.92 Å². The number of hydrogen-bond donors (Lipinski definition) is 1. The monoisotopic (exact) mass is 587 g/mol. The highest BCUT2D eigenvalue weighted by Crippen LogP contribution is 2.43. The summed E-state index contributed by atoms with van der Waals surface area (Å²) in [5.74, 6) is -0.973. The van der Waals surface area contributed by atoms with Gasteiger partial charge in [0.15, 0.2) is 5.69 Å². The summed E-state index contributed by atoms with van der Waals surface area (Å²) in [6.45, 7) is 2.24. The Labute approximate surface area is 208 Å². The first-order valence-corrected chi connectivity index (χ1v) is 10.9. The zero-order chi connectivity index (χ0) is 25.6. The Hall–Kier alpha value is -2.24. The molecule has 0 aliphatic carbocycles. The van der Waals surface area contributed by atoms with Crippen molar-refractivity contribution in [2.75, 3.05) is 0 Å². The number of aryl methyl sites for hydroxylation is 1. The van der Waals surface area contributed by atoms with Gasteiger partial charge >= 0.3 is 12.4 Å². The average Bonchev–Trinajstić information content (AvgIpc) is 3.03. The lowest BCUT2D eigenvalue weighted by atomic mass is 10.1. The fourth-order valence-corrected chi connectivity index (χ4v) is 4.34. The highest BCUT2D eigenvalue weighted by Gasteiger charge is 2.40. The number of halogens is 9. The topological polar surface area (TPSA) is 46.9 Å². The van der Waals surface area contributed by atoms with Crippen LogP contribution in [-0.4, -0.2) is 27.9 Å². The summed E-state index contributed by atoms with van der Waals surface area (Å²) < 4.78 is 80.5. The number of carbonyl (C=O) groups excluding carboxylic acids is 1. The number of amides is 1. The molecular formula is C21H14BrCl2F6N3O. The smallest absolute Gasteiger partial charge is 0.341 e. The molecule has 2 aromatic carbocycles. The van der Waals surface area contributed by atoms with E-state index < -0.39 is 30.0 Å². The molecule has 0 aliphatic rings. The summed E-state index contributed by atoms with van der Waals surface area (Å²) in [6, 6.07) is 5.70. The van der Waals surface area contributed by atoms with Crippen molar-refractivity contribution in [1.82, 2.24) is 15.1 Å². The lowest BCUT2D eigenvalue weighted by molar-refractivity contribution is -0.149. The van der Waals surface area contributed by atoms with E-state index in [0.29, 0.717) is 0 Å². The van der Waals surface area contributed by atoms with Crippen LogP contribution in [0.5, 0.6) is 0 Å². The van der Waals surface area contributed by atoms with Gasteiger partial charge < -0.3 is 5.32 Å². The maximum atomic E-state index is 13.8. The molecule has 1 unspecified atom stereocenters. The maximum Gasteiger partial charge on any atom is 0.435 e. The average molecular weight is 589 g/mol. The van der Waals surface area contributed by atoms with Gasteiger partial charge in [0, 0.05) is 21.2 Å². The minimum Gasteiger partial charge on any atom is -0.341 e. The minimum absolute atomic E-state index is 0.0665. The third kappa shape index (κ3) is 5.52. The van der Waals surface area contributed by atoms with E-state index in [9.17, 15) is 31.1 Å². The van der Waals surface area contributed by atoms with Gasteiger partial charge in [0.1, 0.15) is 10.6 Å². The van der Waals surface area contributed by atoms with Crippen LogP contribution in [0.25, 0.3) is 16.8 Å². The van der Waals surface area contributed by atoms with Gasteiger partial charge in [-0.25, -0.2) is 4.68 Å². The Morgan fingerprint density at radius 2 is 1.65 bits per heavy atom. The number of hydrogen-bond acceptors (Lipinski definition) is 2. The first-order valence-electron chi connectivity index (χ1n) is 9.40. The van der Waals surface area contributed by atoms with Crippen molar-refractivity contribution in [3.63, 3.8) is 0 Å². The highest BCUT2D eigenvalue weighted by molar-refractivity contribution is 9.10. The number of nitrogens with zero attached hydrogens (tertiary/aromatic N) is 2. The predicted molar refractivity (Wildman–Crippen MR) is 119 cm³/mol. The van der Waals surface area contributed by atoms with Crippen molar-refractivity contribution in [2.45, 2.75) is 32.2 Å². The summed E-state index contributed by atoms with van der Waals surface area (Å²) in [6.07, 6.45) is -9.46. The van der Waals surface area contributed by atoms with Gasteiger partial charge in [0.05, 0.1) is 5.69 Å². The van der Waals surface area contributed by atoms with Gasteiger partial charge in [0.2, 0.25) is 0 Å². The molecule has 4 nitrogen and oxygen atoms in total. The third-order valence-electron chi connectivity index (χ3n) is 4.79. The molecule has 34 heavy (non-hydrogen) atoms. The normalized spacial score (nSPS) is 13.1. The predicted octanol–water partition coefficient (Wildman–Crippen LogP) is 7.62. The molecule has 0 fully saturated rings. The molecule has 0 spiro atoms. The van der Waals surface area contributed by atoms with Crippen LogP contribution in [0.1, 0.15) is 28.5 Å². The highest BCUT2D eigenvalue weighted by atomic mass is 79.9. The molecule has 182 valence electrons. The first kappa shape index (κ1) is 26.4. The van der Waals surface area contributed by atoms with E-state index in [2.05, 4.69) is 21.0 Å². The Morgan fingerprint density at radius 3 is 2.15 bits per heavy atom. The number of carbonyl (C=O) groups is 1. The summed E-state index contributed by atoms with van der Waals surface area (Å²) >= 11 is 15.1. The first-order chi connectivity index (χ1) is 15.6. The van der Waals surface area contributed by atoms with E-state index in [0.717, 1.165) is 11.6 Å². The second-order valence-corrected chi connectivity index (χ2v) is 8.94. The van der Waals surface area contributed by atoms with Crippen molar-refractivity contribution in [3.8, 4) is 16.8 Å². The van der Waals surface area contributed by atoms with Crippen molar-refractivity contribution >= 4 is 45.0 Å². The zero-order valence-corrected chi connectivity index (χ0v) is 20.3. The van der Waals surface area contributed by atoms with Crippen LogP contribution in [0.4, 0.5) is 26.3 Å². The van der Waals surface area contributed by atoms with Crippen molar-refractivity contribution < 1.29 is 31.1 Å². The molecule has 0 saturated heterocycles. The minimum atomic E-state index is -4.83. The number of benzene rings is 2. The zero-order valence-electron chi connectivity index (χ0n) is 17.2. The Morgan fingerprint density at radius 1 is 1.06 bits per heavy atom. The van der Waals surface area contributed by atoms with Crippen LogP contribution in [0.15, 0.2) is 41.0 Å². The molecule has 1 aromatic heterocycles. The van der Waals surface area contributed by atoms with Crippen LogP contribution in [-0.2, 0) is 6.18 Å². The number of aromatic nitrogens is 2. The lowest BCUT2D eigenvalue weighted by Gasteiger charge is -2.18. The largest absolute Gasteiger partial charge is 0.435 e. The molecule has 0 aliphatic heterocycles. The second-order valence-electron chi connectivity index (χ2n) is 7.32. The molecule has 0 bridgehead atoms. The fraction of sp³-hybridized carbons (Fsp3) is 0.238. The molecule has 1 N–H and O–H groups in total. The fourth-order valence-electron chi connectivity index (χ4n) is 3.11. The van der Waals surface area contributed by atoms with Gasteiger partial charge in [-0.05, 0) is 77.3 Å². The molecule has 1 heterocycles. The summed E-state index contributed by atoms with van der Waals surface area (Å²) in [7, 11) is 0. The van der Waals surface area contributed by atoms with Gasteiger partial charge in [0.25, 0.3) is 5.91 Å². The SMILES string of the molecule is Cc1cc(-n2nc(C(F)(F)F)c(-c3cc(Cl)cc(Cl)c3)c2Br)ccc1C(=O)NC(C)C(F)(F)F. The standard InChI is InChI=1S/C21H14BrCl2F6N3O/c1-9-5-14(3-4-15(9)19(34)31-10(2)20(25,26)27)33-18(22)16(17(32-33)21(28,29)30)11-6-12(23)8-13(24)7-11/h3-8,10H,1-2H3,(H,31,34). The van der Waals surface area contributed by atoms with Gasteiger partial charge in [-0.15, -0.1) is 0 Å². The van der Waals surface area contributed by atoms with Crippen LogP contribution in [0.3, 0.4) is 0 Å². The molecule has 0 saturated carbocycles. The molecule has 1 amide bonds.